The van der Waals surface area contributed by atoms with Crippen LogP contribution in [-0.4, -0.2) is 24.5 Å². The smallest absolute Gasteiger partial charge is 0.310 e. The van der Waals surface area contributed by atoms with Crippen molar-refractivity contribution in [2.45, 2.75) is 45.6 Å². The fourth-order valence-corrected chi connectivity index (χ4v) is 3.37. The van der Waals surface area contributed by atoms with E-state index in [1.807, 2.05) is 0 Å². The van der Waals surface area contributed by atoms with Gasteiger partial charge in [-0.25, -0.2) is 0 Å². The summed E-state index contributed by atoms with van der Waals surface area (Å²) in [5.74, 6) is 0.327. The average molecular weight is 372 g/mol. The topological polar surface area (TPSA) is 55.4 Å². The number of amides is 1. The molecule has 24 heavy (non-hydrogen) atoms. The minimum atomic E-state index is -0.464. The molecule has 1 aromatic rings. The SMILES string of the molecule is C[C@H]1[C@@H](C)CCC[C@H]1NC(=O)COC(=O)Cc1ccc(Cl)c(Cl)c1. The Bertz CT molecular complexity index is 606. The van der Waals surface area contributed by atoms with Crippen LogP contribution in [0, 0.1) is 11.8 Å². The van der Waals surface area contributed by atoms with Gasteiger partial charge in [0.05, 0.1) is 16.5 Å². The van der Waals surface area contributed by atoms with Gasteiger partial charge in [0.25, 0.3) is 5.91 Å². The van der Waals surface area contributed by atoms with Crippen LogP contribution in [0.2, 0.25) is 10.0 Å². The summed E-state index contributed by atoms with van der Waals surface area (Å²) in [4.78, 5) is 23.8. The van der Waals surface area contributed by atoms with Crippen LogP contribution in [0.25, 0.3) is 0 Å². The number of rotatable bonds is 5. The fraction of sp³-hybridized carbons (Fsp3) is 0.556. The summed E-state index contributed by atoms with van der Waals surface area (Å²) in [6.07, 6.45) is 3.36. The van der Waals surface area contributed by atoms with Gasteiger partial charge in [-0.15, -0.1) is 0 Å². The van der Waals surface area contributed by atoms with Crippen LogP contribution >= 0.6 is 23.2 Å². The Labute approximate surface area is 152 Å². The van der Waals surface area contributed by atoms with Crippen molar-refractivity contribution >= 4 is 35.1 Å². The number of carbonyl (C=O) groups is 2. The first kappa shape index (κ1) is 19.1. The molecule has 4 nitrogen and oxygen atoms in total. The Hall–Kier alpha value is -1.26. The van der Waals surface area contributed by atoms with E-state index in [0.717, 1.165) is 12.8 Å². The van der Waals surface area contributed by atoms with Gasteiger partial charge in [0.15, 0.2) is 6.61 Å². The first-order chi connectivity index (χ1) is 11.4. The maximum Gasteiger partial charge on any atom is 0.310 e. The summed E-state index contributed by atoms with van der Waals surface area (Å²) >= 11 is 11.7. The molecule has 1 aromatic carbocycles. The van der Waals surface area contributed by atoms with Gasteiger partial charge in [-0.2, -0.15) is 0 Å². The third kappa shape index (κ3) is 5.38. The minimum absolute atomic E-state index is 0.0566. The van der Waals surface area contributed by atoms with Crippen molar-refractivity contribution in [3.8, 4) is 0 Å². The van der Waals surface area contributed by atoms with Gasteiger partial charge < -0.3 is 10.1 Å². The molecule has 1 saturated carbocycles. The van der Waals surface area contributed by atoms with E-state index in [-0.39, 0.29) is 25.0 Å². The van der Waals surface area contributed by atoms with Gasteiger partial charge in [0.2, 0.25) is 0 Å². The molecular weight excluding hydrogens is 349 g/mol. The van der Waals surface area contributed by atoms with Crippen molar-refractivity contribution < 1.29 is 14.3 Å². The van der Waals surface area contributed by atoms with E-state index in [9.17, 15) is 9.59 Å². The van der Waals surface area contributed by atoms with Crippen molar-refractivity contribution in [2.24, 2.45) is 11.8 Å². The molecule has 1 N–H and O–H groups in total. The number of hydrogen-bond donors (Lipinski definition) is 1. The predicted molar refractivity (Wildman–Crippen MR) is 95.2 cm³/mol. The second kappa shape index (κ2) is 8.72. The van der Waals surface area contributed by atoms with E-state index in [1.165, 1.54) is 6.42 Å². The summed E-state index contributed by atoms with van der Waals surface area (Å²) in [6.45, 7) is 4.11. The highest BCUT2D eigenvalue weighted by Crippen LogP contribution is 2.29. The molecule has 1 amide bonds. The van der Waals surface area contributed by atoms with Crippen LogP contribution in [0.3, 0.4) is 0 Å². The predicted octanol–water partition coefficient (Wildman–Crippen LogP) is 4.02. The molecule has 0 bridgehead atoms. The Morgan fingerprint density at radius 2 is 1.96 bits per heavy atom. The summed E-state index contributed by atoms with van der Waals surface area (Å²) in [5, 5.41) is 3.80. The van der Waals surface area contributed by atoms with E-state index in [0.29, 0.717) is 27.4 Å². The highest BCUT2D eigenvalue weighted by Gasteiger charge is 2.28. The van der Waals surface area contributed by atoms with E-state index >= 15 is 0 Å². The number of hydrogen-bond acceptors (Lipinski definition) is 3. The van der Waals surface area contributed by atoms with Crippen molar-refractivity contribution in [1.82, 2.24) is 5.32 Å². The van der Waals surface area contributed by atoms with E-state index < -0.39 is 5.97 Å². The van der Waals surface area contributed by atoms with Crippen LogP contribution in [0.15, 0.2) is 18.2 Å². The third-order valence-corrected chi connectivity index (χ3v) is 5.49. The number of esters is 1. The van der Waals surface area contributed by atoms with Gasteiger partial charge in [-0.3, -0.25) is 9.59 Å². The number of ether oxygens (including phenoxy) is 1. The zero-order chi connectivity index (χ0) is 17.7. The molecule has 6 heteroatoms. The molecule has 0 radical (unpaired) electrons. The number of carbonyl (C=O) groups excluding carboxylic acids is 2. The molecule has 0 unspecified atom stereocenters. The van der Waals surface area contributed by atoms with Crippen LogP contribution < -0.4 is 5.32 Å². The average Bonchev–Trinajstić information content (AvgIpc) is 2.53. The zero-order valence-corrected chi connectivity index (χ0v) is 15.5. The van der Waals surface area contributed by atoms with Crippen LogP contribution in [-0.2, 0) is 20.7 Å². The molecule has 0 spiro atoms. The summed E-state index contributed by atoms with van der Waals surface area (Å²) in [6, 6.07) is 5.12. The van der Waals surface area contributed by atoms with E-state index in [2.05, 4.69) is 19.2 Å². The molecule has 1 aliphatic rings. The standard InChI is InChI=1S/C18H23Cl2NO3/c1-11-4-3-5-16(12(11)2)21-17(22)10-24-18(23)9-13-6-7-14(19)15(20)8-13/h6-8,11-12,16H,3-5,9-10H2,1-2H3,(H,21,22)/t11-,12-,16+/m0/s1. The molecular formula is C18H23Cl2NO3. The van der Waals surface area contributed by atoms with Gasteiger partial charge in [0, 0.05) is 6.04 Å². The summed E-state index contributed by atoms with van der Waals surface area (Å²) < 4.78 is 5.05. The van der Waals surface area contributed by atoms with Crippen molar-refractivity contribution in [1.29, 1.82) is 0 Å². The highest BCUT2D eigenvalue weighted by atomic mass is 35.5. The van der Waals surface area contributed by atoms with E-state index in [1.54, 1.807) is 18.2 Å². The van der Waals surface area contributed by atoms with Crippen LogP contribution in [0.5, 0.6) is 0 Å². The van der Waals surface area contributed by atoms with Gasteiger partial charge >= 0.3 is 5.97 Å². The molecule has 0 heterocycles. The monoisotopic (exact) mass is 371 g/mol. The first-order valence-electron chi connectivity index (χ1n) is 8.25. The lowest BCUT2D eigenvalue weighted by Gasteiger charge is -2.34. The molecule has 3 atom stereocenters. The molecule has 132 valence electrons. The Morgan fingerprint density at radius 3 is 2.67 bits per heavy atom. The lowest BCUT2D eigenvalue weighted by molar-refractivity contribution is -0.148. The van der Waals surface area contributed by atoms with Crippen molar-refractivity contribution in [2.75, 3.05) is 6.61 Å². The van der Waals surface area contributed by atoms with E-state index in [4.69, 9.17) is 27.9 Å². The number of halogens is 2. The highest BCUT2D eigenvalue weighted by molar-refractivity contribution is 6.42. The Kier molecular flexibility index (Phi) is 6.93. The van der Waals surface area contributed by atoms with Gasteiger partial charge in [0.1, 0.15) is 0 Å². The largest absolute Gasteiger partial charge is 0.455 e. The second-order valence-electron chi connectivity index (χ2n) is 6.53. The van der Waals surface area contributed by atoms with Gasteiger partial charge in [-0.1, -0.05) is 56.0 Å². The van der Waals surface area contributed by atoms with Crippen molar-refractivity contribution in [3.63, 3.8) is 0 Å². The maximum absolute atomic E-state index is 12.0. The lowest BCUT2D eigenvalue weighted by atomic mass is 9.78. The fourth-order valence-electron chi connectivity index (χ4n) is 3.05. The van der Waals surface area contributed by atoms with Crippen LogP contribution in [0.1, 0.15) is 38.7 Å². The number of nitrogens with one attached hydrogen (secondary N) is 1. The zero-order valence-electron chi connectivity index (χ0n) is 14.0. The molecule has 0 saturated heterocycles. The summed E-state index contributed by atoms with van der Waals surface area (Å²) in [7, 11) is 0. The van der Waals surface area contributed by atoms with Crippen LogP contribution in [0.4, 0.5) is 0 Å². The Morgan fingerprint density at radius 1 is 1.21 bits per heavy atom. The Balaban J connectivity index is 1.76. The molecule has 0 aromatic heterocycles. The minimum Gasteiger partial charge on any atom is -0.455 e. The normalized spacial score (nSPS) is 23.6. The molecule has 1 aliphatic carbocycles. The van der Waals surface area contributed by atoms with Gasteiger partial charge in [-0.05, 0) is 36.0 Å². The summed E-state index contributed by atoms with van der Waals surface area (Å²) in [5.41, 5.74) is 0.699. The molecule has 2 rings (SSSR count). The number of benzene rings is 1. The lowest BCUT2D eigenvalue weighted by Crippen LogP contribution is -2.45. The quantitative estimate of drug-likeness (QED) is 0.795. The molecule has 0 aliphatic heterocycles. The van der Waals surface area contributed by atoms with Crippen molar-refractivity contribution in [3.05, 3.63) is 33.8 Å². The second-order valence-corrected chi connectivity index (χ2v) is 7.34. The first-order valence-corrected chi connectivity index (χ1v) is 9.01. The molecule has 1 fully saturated rings. The third-order valence-electron chi connectivity index (χ3n) is 4.75. The maximum atomic E-state index is 12.0.